The van der Waals surface area contributed by atoms with Gasteiger partial charge < -0.3 is 10.6 Å². The fourth-order valence-electron chi connectivity index (χ4n) is 2.43. The molecule has 2 rings (SSSR count). The van der Waals surface area contributed by atoms with Crippen molar-refractivity contribution in [2.24, 2.45) is 11.7 Å². The SMILES string of the molecule is Cc1ccc(C(C)N(C)C(=O)C2C=CC(N)C2)cc1. The normalized spacial score (nSPS) is 23.4. The minimum atomic E-state index is -0.0621. The smallest absolute Gasteiger partial charge is 0.229 e. The molecule has 1 aliphatic carbocycles. The van der Waals surface area contributed by atoms with Crippen LogP contribution in [0.25, 0.3) is 0 Å². The van der Waals surface area contributed by atoms with Crippen molar-refractivity contribution in [3.63, 3.8) is 0 Å². The number of hydrogen-bond acceptors (Lipinski definition) is 2. The minimum Gasteiger partial charge on any atom is -0.338 e. The molecule has 3 unspecified atom stereocenters. The number of benzene rings is 1. The zero-order chi connectivity index (χ0) is 14.0. The van der Waals surface area contributed by atoms with E-state index in [1.54, 1.807) is 0 Å². The van der Waals surface area contributed by atoms with Gasteiger partial charge in [-0.15, -0.1) is 0 Å². The van der Waals surface area contributed by atoms with Gasteiger partial charge in [0.2, 0.25) is 5.91 Å². The molecule has 0 aromatic heterocycles. The van der Waals surface area contributed by atoms with Gasteiger partial charge in [0.25, 0.3) is 0 Å². The van der Waals surface area contributed by atoms with E-state index in [4.69, 9.17) is 5.73 Å². The summed E-state index contributed by atoms with van der Waals surface area (Å²) in [5.41, 5.74) is 8.20. The van der Waals surface area contributed by atoms with Crippen LogP contribution in [0.5, 0.6) is 0 Å². The van der Waals surface area contributed by atoms with Crippen LogP contribution in [0.4, 0.5) is 0 Å². The molecule has 0 saturated carbocycles. The molecule has 1 aliphatic rings. The monoisotopic (exact) mass is 258 g/mol. The quantitative estimate of drug-likeness (QED) is 0.846. The Kier molecular flexibility index (Phi) is 4.05. The van der Waals surface area contributed by atoms with Crippen molar-refractivity contribution < 1.29 is 4.79 Å². The van der Waals surface area contributed by atoms with Crippen molar-refractivity contribution in [1.82, 2.24) is 4.90 Å². The summed E-state index contributed by atoms with van der Waals surface area (Å²) in [5.74, 6) is 0.0881. The molecule has 0 spiro atoms. The van der Waals surface area contributed by atoms with E-state index in [1.807, 2.05) is 24.1 Å². The molecule has 1 aromatic rings. The number of rotatable bonds is 3. The predicted molar refractivity (Wildman–Crippen MR) is 77.6 cm³/mol. The Bertz CT molecular complexity index is 478. The summed E-state index contributed by atoms with van der Waals surface area (Å²) < 4.78 is 0. The van der Waals surface area contributed by atoms with E-state index in [1.165, 1.54) is 5.56 Å². The number of nitrogens with zero attached hydrogens (tertiary/aromatic N) is 1. The molecule has 0 saturated heterocycles. The van der Waals surface area contributed by atoms with Gasteiger partial charge >= 0.3 is 0 Å². The maximum absolute atomic E-state index is 12.4. The van der Waals surface area contributed by atoms with Crippen LogP contribution in [-0.2, 0) is 4.79 Å². The van der Waals surface area contributed by atoms with Crippen molar-refractivity contribution in [3.05, 3.63) is 47.5 Å². The van der Waals surface area contributed by atoms with E-state index < -0.39 is 0 Å². The average molecular weight is 258 g/mol. The molecule has 2 N–H and O–H groups in total. The number of hydrogen-bond donors (Lipinski definition) is 1. The second-order valence-corrected chi connectivity index (χ2v) is 5.43. The molecular formula is C16H22N2O. The Hall–Kier alpha value is -1.61. The highest BCUT2D eigenvalue weighted by Crippen LogP contribution is 2.25. The zero-order valence-electron chi connectivity index (χ0n) is 11.8. The van der Waals surface area contributed by atoms with Crippen LogP contribution < -0.4 is 5.73 Å². The molecule has 3 nitrogen and oxygen atoms in total. The molecule has 0 bridgehead atoms. The maximum atomic E-state index is 12.4. The number of carbonyl (C=O) groups is 1. The largest absolute Gasteiger partial charge is 0.338 e. The second-order valence-electron chi connectivity index (χ2n) is 5.43. The lowest BCUT2D eigenvalue weighted by atomic mass is 10.0. The summed E-state index contributed by atoms with van der Waals surface area (Å²) >= 11 is 0. The Morgan fingerprint density at radius 2 is 1.95 bits per heavy atom. The molecule has 0 radical (unpaired) electrons. The predicted octanol–water partition coefficient (Wildman–Crippen LogP) is 2.42. The highest BCUT2D eigenvalue weighted by atomic mass is 16.2. The van der Waals surface area contributed by atoms with E-state index in [9.17, 15) is 4.79 Å². The van der Waals surface area contributed by atoms with E-state index >= 15 is 0 Å². The molecular weight excluding hydrogens is 236 g/mol. The first-order valence-electron chi connectivity index (χ1n) is 6.76. The van der Waals surface area contributed by atoms with Gasteiger partial charge in [0, 0.05) is 13.1 Å². The van der Waals surface area contributed by atoms with Crippen LogP contribution in [-0.4, -0.2) is 23.9 Å². The number of nitrogens with two attached hydrogens (primary N) is 1. The van der Waals surface area contributed by atoms with Gasteiger partial charge in [-0.1, -0.05) is 42.0 Å². The Morgan fingerprint density at radius 1 is 1.32 bits per heavy atom. The van der Waals surface area contributed by atoms with Crippen molar-refractivity contribution in [1.29, 1.82) is 0 Å². The highest BCUT2D eigenvalue weighted by Gasteiger charge is 2.27. The molecule has 19 heavy (non-hydrogen) atoms. The van der Waals surface area contributed by atoms with Gasteiger partial charge in [-0.2, -0.15) is 0 Å². The third-order valence-corrected chi connectivity index (χ3v) is 3.92. The lowest BCUT2D eigenvalue weighted by Gasteiger charge is -2.27. The van der Waals surface area contributed by atoms with Crippen LogP contribution in [0.15, 0.2) is 36.4 Å². The van der Waals surface area contributed by atoms with Crippen LogP contribution in [0, 0.1) is 12.8 Å². The van der Waals surface area contributed by atoms with Gasteiger partial charge in [-0.3, -0.25) is 4.79 Å². The lowest BCUT2D eigenvalue weighted by Crippen LogP contribution is -2.34. The van der Waals surface area contributed by atoms with Crippen molar-refractivity contribution in [3.8, 4) is 0 Å². The van der Waals surface area contributed by atoms with Crippen molar-refractivity contribution >= 4 is 5.91 Å². The average Bonchev–Trinajstić information content (AvgIpc) is 2.84. The molecule has 3 heteroatoms. The van der Waals surface area contributed by atoms with Gasteiger partial charge in [-0.05, 0) is 25.8 Å². The van der Waals surface area contributed by atoms with E-state index in [0.717, 1.165) is 12.0 Å². The third kappa shape index (κ3) is 3.04. The van der Waals surface area contributed by atoms with E-state index in [0.29, 0.717) is 0 Å². The van der Waals surface area contributed by atoms with Crippen LogP contribution in [0.3, 0.4) is 0 Å². The molecule has 1 amide bonds. The fraction of sp³-hybridized carbons (Fsp3) is 0.438. The Labute approximate surface area is 115 Å². The fourth-order valence-corrected chi connectivity index (χ4v) is 2.43. The van der Waals surface area contributed by atoms with E-state index in [2.05, 4.69) is 38.1 Å². The lowest BCUT2D eigenvalue weighted by molar-refractivity contribution is -0.134. The maximum Gasteiger partial charge on any atom is 0.229 e. The molecule has 3 atom stereocenters. The molecule has 1 aromatic carbocycles. The van der Waals surface area contributed by atoms with Crippen molar-refractivity contribution in [2.75, 3.05) is 7.05 Å². The zero-order valence-corrected chi connectivity index (χ0v) is 11.8. The summed E-state index contributed by atoms with van der Waals surface area (Å²) in [7, 11) is 1.87. The first-order valence-corrected chi connectivity index (χ1v) is 6.76. The Morgan fingerprint density at radius 3 is 2.47 bits per heavy atom. The topological polar surface area (TPSA) is 46.3 Å². The van der Waals surface area contributed by atoms with Crippen molar-refractivity contribution in [2.45, 2.75) is 32.4 Å². The standard InChI is InChI=1S/C16H22N2O/c1-11-4-6-13(7-5-11)12(2)18(3)16(19)14-8-9-15(17)10-14/h4-9,12,14-15H,10,17H2,1-3H3. The van der Waals surface area contributed by atoms with Gasteiger partial charge in [-0.25, -0.2) is 0 Å². The summed E-state index contributed by atoms with van der Waals surface area (Å²) in [5, 5.41) is 0. The second kappa shape index (κ2) is 5.57. The number of amides is 1. The first-order chi connectivity index (χ1) is 8.99. The van der Waals surface area contributed by atoms with Crippen LogP contribution in [0.1, 0.15) is 30.5 Å². The minimum absolute atomic E-state index is 0.0250. The van der Waals surface area contributed by atoms with Gasteiger partial charge in [0.15, 0.2) is 0 Å². The van der Waals surface area contributed by atoms with Gasteiger partial charge in [0.1, 0.15) is 0 Å². The Balaban J connectivity index is 2.06. The highest BCUT2D eigenvalue weighted by molar-refractivity contribution is 5.81. The van der Waals surface area contributed by atoms with Crippen LogP contribution in [0.2, 0.25) is 0 Å². The number of aryl methyl sites for hydroxylation is 1. The molecule has 0 heterocycles. The number of carbonyl (C=O) groups excluding carboxylic acids is 1. The summed E-state index contributed by atoms with van der Waals surface area (Å²) in [4.78, 5) is 14.2. The van der Waals surface area contributed by atoms with Gasteiger partial charge in [0.05, 0.1) is 12.0 Å². The van der Waals surface area contributed by atoms with E-state index in [-0.39, 0.29) is 23.9 Å². The third-order valence-electron chi connectivity index (χ3n) is 3.92. The molecule has 102 valence electrons. The molecule has 0 fully saturated rings. The molecule has 0 aliphatic heterocycles. The summed E-state index contributed by atoms with van der Waals surface area (Å²) in [6.45, 7) is 4.12. The summed E-state index contributed by atoms with van der Waals surface area (Å²) in [6.07, 6.45) is 4.59. The van der Waals surface area contributed by atoms with Crippen LogP contribution >= 0.6 is 0 Å². The first kappa shape index (κ1) is 13.8. The summed E-state index contributed by atoms with van der Waals surface area (Å²) in [6, 6.07) is 8.43.